The summed E-state index contributed by atoms with van der Waals surface area (Å²) in [6.07, 6.45) is 0.174. The molecule has 0 bridgehead atoms. The van der Waals surface area contributed by atoms with Crippen LogP contribution in [0.3, 0.4) is 0 Å². The topological polar surface area (TPSA) is 82.2 Å². The zero-order valence-electron chi connectivity index (χ0n) is 19.2. The highest BCUT2D eigenvalue weighted by molar-refractivity contribution is 6.00. The van der Waals surface area contributed by atoms with E-state index in [-0.39, 0.29) is 35.9 Å². The van der Waals surface area contributed by atoms with Crippen LogP contribution in [0.15, 0.2) is 48.5 Å². The lowest BCUT2D eigenvalue weighted by atomic mass is 10.1. The summed E-state index contributed by atoms with van der Waals surface area (Å²) >= 11 is 0. The Labute approximate surface area is 198 Å². The zero-order chi connectivity index (χ0) is 24.1. The van der Waals surface area contributed by atoms with Gasteiger partial charge in [-0.05, 0) is 48.5 Å². The fraction of sp³-hybridized carbons (Fsp3) is 0.400. The van der Waals surface area contributed by atoms with Gasteiger partial charge in [-0.3, -0.25) is 19.3 Å². The fourth-order valence-corrected chi connectivity index (χ4v) is 4.37. The maximum atomic E-state index is 13.2. The second kappa shape index (κ2) is 10.6. The third-order valence-corrected chi connectivity index (χ3v) is 6.36. The number of nitrogens with zero attached hydrogens (tertiary/aromatic N) is 3. The minimum absolute atomic E-state index is 0.00887. The van der Waals surface area contributed by atoms with E-state index in [9.17, 15) is 18.8 Å². The Bertz CT molecular complexity index is 1020. The molecule has 2 aromatic rings. The number of amides is 3. The number of hydrogen-bond donors (Lipinski definition) is 1. The molecule has 0 saturated carbocycles. The standard InChI is InChI=1S/C25H29FN4O4/c1-34-22-8-2-18(3-9-22)24(32)27-10-11-28-12-14-29(15-13-28)25(33)19-16-23(31)30(17-19)21-6-4-20(26)5-7-21/h2-9,19H,10-17H2,1H3,(H,27,32). The lowest BCUT2D eigenvalue weighted by Gasteiger charge is -2.35. The van der Waals surface area contributed by atoms with Crippen molar-refractivity contribution in [1.82, 2.24) is 15.1 Å². The molecule has 0 spiro atoms. The molecule has 1 atom stereocenters. The second-order valence-corrected chi connectivity index (χ2v) is 8.53. The minimum atomic E-state index is -0.382. The van der Waals surface area contributed by atoms with Gasteiger partial charge in [-0.2, -0.15) is 0 Å². The van der Waals surface area contributed by atoms with Gasteiger partial charge in [0.25, 0.3) is 5.91 Å². The Morgan fingerprint density at radius 3 is 2.35 bits per heavy atom. The van der Waals surface area contributed by atoms with Crippen LogP contribution < -0.4 is 15.0 Å². The number of carbonyl (C=O) groups is 3. The van der Waals surface area contributed by atoms with Gasteiger partial charge in [-0.1, -0.05) is 0 Å². The summed E-state index contributed by atoms with van der Waals surface area (Å²) in [6, 6.07) is 12.7. The first-order valence-corrected chi connectivity index (χ1v) is 11.4. The number of rotatable bonds is 7. The molecule has 1 N–H and O–H groups in total. The predicted octanol–water partition coefficient (Wildman–Crippen LogP) is 1.76. The van der Waals surface area contributed by atoms with Gasteiger partial charge >= 0.3 is 0 Å². The first kappa shape index (κ1) is 23.7. The summed E-state index contributed by atoms with van der Waals surface area (Å²) in [6.45, 7) is 4.14. The zero-order valence-corrected chi connectivity index (χ0v) is 19.2. The van der Waals surface area contributed by atoms with Crippen molar-refractivity contribution in [2.24, 2.45) is 5.92 Å². The Balaban J connectivity index is 1.20. The van der Waals surface area contributed by atoms with Crippen molar-refractivity contribution in [2.45, 2.75) is 6.42 Å². The highest BCUT2D eigenvalue weighted by Crippen LogP contribution is 2.27. The van der Waals surface area contributed by atoms with Crippen LogP contribution in [-0.4, -0.2) is 80.4 Å². The van der Waals surface area contributed by atoms with Gasteiger partial charge in [0.2, 0.25) is 11.8 Å². The molecule has 2 fully saturated rings. The van der Waals surface area contributed by atoms with Crippen molar-refractivity contribution in [3.63, 3.8) is 0 Å². The van der Waals surface area contributed by atoms with Crippen molar-refractivity contribution >= 4 is 23.4 Å². The van der Waals surface area contributed by atoms with Crippen LogP contribution >= 0.6 is 0 Å². The van der Waals surface area contributed by atoms with Crippen LogP contribution in [0.5, 0.6) is 5.75 Å². The van der Waals surface area contributed by atoms with Gasteiger partial charge in [-0.25, -0.2) is 4.39 Å². The lowest BCUT2D eigenvalue weighted by molar-refractivity contribution is -0.137. The van der Waals surface area contributed by atoms with Crippen LogP contribution in [0.1, 0.15) is 16.8 Å². The molecule has 2 aliphatic rings. The molecule has 1 unspecified atom stereocenters. The Hall–Kier alpha value is -3.46. The quantitative estimate of drug-likeness (QED) is 0.670. The van der Waals surface area contributed by atoms with E-state index >= 15 is 0 Å². The number of methoxy groups -OCH3 is 1. The van der Waals surface area contributed by atoms with E-state index in [1.54, 1.807) is 48.4 Å². The van der Waals surface area contributed by atoms with Crippen LogP contribution in [0, 0.1) is 11.7 Å². The Morgan fingerprint density at radius 1 is 1.03 bits per heavy atom. The number of anilines is 1. The van der Waals surface area contributed by atoms with Crippen LogP contribution in [0.4, 0.5) is 10.1 Å². The maximum Gasteiger partial charge on any atom is 0.251 e. The number of benzene rings is 2. The van der Waals surface area contributed by atoms with Crippen LogP contribution in [0.25, 0.3) is 0 Å². The third-order valence-electron chi connectivity index (χ3n) is 6.36. The summed E-state index contributed by atoms with van der Waals surface area (Å²) < 4.78 is 18.3. The van der Waals surface area contributed by atoms with Gasteiger partial charge in [0, 0.05) is 63.5 Å². The van der Waals surface area contributed by atoms with Crippen LogP contribution in [0.2, 0.25) is 0 Å². The van der Waals surface area contributed by atoms with Gasteiger partial charge in [0.1, 0.15) is 11.6 Å². The highest BCUT2D eigenvalue weighted by Gasteiger charge is 2.37. The average Bonchev–Trinajstić information content (AvgIpc) is 3.26. The summed E-state index contributed by atoms with van der Waals surface area (Å²) in [5, 5.41) is 2.92. The number of hydrogen-bond acceptors (Lipinski definition) is 5. The molecule has 0 aromatic heterocycles. The molecule has 0 radical (unpaired) electrons. The predicted molar refractivity (Wildman–Crippen MR) is 125 cm³/mol. The molecule has 180 valence electrons. The molecule has 2 aliphatic heterocycles. The number of carbonyl (C=O) groups excluding carboxylic acids is 3. The first-order valence-electron chi connectivity index (χ1n) is 11.4. The van der Waals surface area contributed by atoms with E-state index in [1.807, 2.05) is 4.90 Å². The van der Waals surface area contributed by atoms with Crippen molar-refractivity contribution in [3.8, 4) is 5.75 Å². The van der Waals surface area contributed by atoms with E-state index < -0.39 is 0 Å². The normalized spacial score (nSPS) is 18.8. The molecular formula is C25H29FN4O4. The number of ether oxygens (including phenoxy) is 1. The van der Waals surface area contributed by atoms with Crippen molar-refractivity contribution < 1.29 is 23.5 Å². The average molecular weight is 469 g/mol. The molecule has 4 rings (SSSR count). The van der Waals surface area contributed by atoms with Gasteiger partial charge in [0.15, 0.2) is 0 Å². The van der Waals surface area contributed by atoms with Gasteiger partial charge in [0.05, 0.1) is 13.0 Å². The molecule has 9 heteroatoms. The maximum absolute atomic E-state index is 13.2. The lowest BCUT2D eigenvalue weighted by Crippen LogP contribution is -2.51. The minimum Gasteiger partial charge on any atom is -0.497 e. The van der Waals surface area contributed by atoms with Crippen molar-refractivity contribution in [3.05, 3.63) is 59.9 Å². The summed E-state index contributed by atoms with van der Waals surface area (Å²) in [5.41, 5.74) is 1.19. The summed E-state index contributed by atoms with van der Waals surface area (Å²) in [5.74, 6) is -0.294. The molecule has 0 aliphatic carbocycles. The molecular weight excluding hydrogens is 439 g/mol. The molecule has 34 heavy (non-hydrogen) atoms. The smallest absolute Gasteiger partial charge is 0.251 e. The Kier molecular flexibility index (Phi) is 7.42. The van der Waals surface area contributed by atoms with E-state index in [1.165, 1.54) is 12.1 Å². The molecule has 2 heterocycles. The Morgan fingerprint density at radius 2 is 1.71 bits per heavy atom. The van der Waals surface area contributed by atoms with Gasteiger partial charge < -0.3 is 19.9 Å². The highest BCUT2D eigenvalue weighted by atomic mass is 19.1. The van der Waals surface area contributed by atoms with Gasteiger partial charge in [-0.15, -0.1) is 0 Å². The molecule has 2 aromatic carbocycles. The van der Waals surface area contributed by atoms with E-state index in [2.05, 4.69) is 10.2 Å². The van der Waals surface area contributed by atoms with Crippen LogP contribution in [-0.2, 0) is 9.59 Å². The van der Waals surface area contributed by atoms with Crippen molar-refractivity contribution in [1.29, 1.82) is 0 Å². The monoisotopic (exact) mass is 468 g/mol. The number of piperazine rings is 1. The van der Waals surface area contributed by atoms with E-state index in [0.29, 0.717) is 62.8 Å². The summed E-state index contributed by atoms with van der Waals surface area (Å²) in [7, 11) is 1.58. The SMILES string of the molecule is COc1ccc(C(=O)NCCN2CCN(C(=O)C3CC(=O)N(c4ccc(F)cc4)C3)CC2)cc1. The molecule has 2 saturated heterocycles. The van der Waals surface area contributed by atoms with E-state index in [0.717, 1.165) is 0 Å². The second-order valence-electron chi connectivity index (χ2n) is 8.53. The van der Waals surface area contributed by atoms with E-state index in [4.69, 9.17) is 4.74 Å². The van der Waals surface area contributed by atoms with Crippen molar-refractivity contribution in [2.75, 3.05) is 57.8 Å². The number of halogens is 1. The largest absolute Gasteiger partial charge is 0.497 e. The first-order chi connectivity index (χ1) is 16.4. The third kappa shape index (κ3) is 5.53. The molecule has 8 nitrogen and oxygen atoms in total. The summed E-state index contributed by atoms with van der Waals surface area (Å²) in [4.78, 5) is 43.3. The fourth-order valence-electron chi connectivity index (χ4n) is 4.37. The number of nitrogens with one attached hydrogen (secondary N) is 1. The molecule has 3 amide bonds.